The van der Waals surface area contributed by atoms with E-state index in [1.165, 1.54) is 11.3 Å². The summed E-state index contributed by atoms with van der Waals surface area (Å²) >= 11 is 1.44. The minimum Gasteiger partial charge on any atom is -0.406 e. The number of hydrogen-bond donors (Lipinski definition) is 2. The number of aliphatic hydroxyl groups is 1. The van der Waals surface area contributed by atoms with Crippen LogP contribution in [0.15, 0.2) is 58.8 Å². The summed E-state index contributed by atoms with van der Waals surface area (Å²) in [7, 11) is -4.00. The minimum atomic E-state index is -4.86. The molecule has 3 rings (SSSR count). The van der Waals surface area contributed by atoms with Gasteiger partial charge in [0.1, 0.15) is 5.75 Å². The van der Waals surface area contributed by atoms with Gasteiger partial charge in [0, 0.05) is 16.8 Å². The third-order valence-electron chi connectivity index (χ3n) is 3.70. The number of halogens is 3. The lowest BCUT2D eigenvalue weighted by molar-refractivity contribution is -0.274. The molecule has 0 fully saturated rings. The van der Waals surface area contributed by atoms with Crippen molar-refractivity contribution in [3.63, 3.8) is 0 Å². The summed E-state index contributed by atoms with van der Waals surface area (Å²) in [5.41, 5.74) is 0.604. The van der Waals surface area contributed by atoms with Gasteiger partial charge in [-0.05, 0) is 41.1 Å². The predicted octanol–water partition coefficient (Wildman–Crippen LogP) is 3.81. The van der Waals surface area contributed by atoms with Gasteiger partial charge >= 0.3 is 6.36 Å². The minimum absolute atomic E-state index is 0.237. The Labute approximate surface area is 157 Å². The molecule has 0 saturated carbocycles. The molecule has 0 aliphatic carbocycles. The summed E-state index contributed by atoms with van der Waals surface area (Å²) in [5.74, 6) is -0.522. The molecule has 2 aromatic carbocycles. The normalized spacial score (nSPS) is 13.6. The summed E-state index contributed by atoms with van der Waals surface area (Å²) in [4.78, 5) is -0.237. The van der Waals surface area contributed by atoms with E-state index in [1.807, 2.05) is 24.3 Å². The molecule has 0 unspecified atom stereocenters. The van der Waals surface area contributed by atoms with Gasteiger partial charge in [-0.2, -0.15) is 0 Å². The summed E-state index contributed by atoms with van der Waals surface area (Å²) in [5, 5.41) is 12.9. The van der Waals surface area contributed by atoms with E-state index in [0.29, 0.717) is 5.56 Å². The maximum atomic E-state index is 12.3. The van der Waals surface area contributed by atoms with Gasteiger partial charge in [0.2, 0.25) is 10.0 Å². The fourth-order valence-corrected chi connectivity index (χ4v) is 4.51. The summed E-state index contributed by atoms with van der Waals surface area (Å²) in [6.07, 6.45) is -5.92. The number of hydrogen-bond acceptors (Lipinski definition) is 5. The van der Waals surface area contributed by atoms with Crippen molar-refractivity contribution in [3.05, 3.63) is 59.5 Å². The van der Waals surface area contributed by atoms with Crippen LogP contribution in [0.4, 0.5) is 13.2 Å². The molecule has 0 radical (unpaired) electrons. The number of fused-ring (bicyclic) bond motifs is 1. The van der Waals surface area contributed by atoms with Crippen molar-refractivity contribution in [2.45, 2.75) is 17.4 Å². The summed E-state index contributed by atoms with van der Waals surface area (Å²) < 4.78 is 68.0. The number of rotatable bonds is 6. The highest BCUT2D eigenvalue weighted by atomic mass is 32.2. The molecule has 3 aromatic rings. The van der Waals surface area contributed by atoms with Crippen molar-refractivity contribution in [1.29, 1.82) is 0 Å². The molecule has 5 nitrogen and oxygen atoms in total. The van der Waals surface area contributed by atoms with Crippen LogP contribution in [0.3, 0.4) is 0 Å². The average molecular weight is 417 g/mol. The molecule has 1 heterocycles. The maximum absolute atomic E-state index is 12.3. The Morgan fingerprint density at radius 1 is 1.11 bits per heavy atom. The van der Waals surface area contributed by atoms with E-state index in [9.17, 15) is 26.7 Å². The van der Waals surface area contributed by atoms with Gasteiger partial charge in [-0.25, -0.2) is 13.1 Å². The first-order valence-corrected chi connectivity index (χ1v) is 10.0. The van der Waals surface area contributed by atoms with Crippen molar-refractivity contribution in [2.24, 2.45) is 0 Å². The zero-order valence-corrected chi connectivity index (χ0v) is 15.2. The number of nitrogens with one attached hydrogen (secondary N) is 1. The topological polar surface area (TPSA) is 75.6 Å². The Morgan fingerprint density at radius 2 is 1.78 bits per heavy atom. The standard InChI is InChI=1S/C17H14F3NO4S2/c18-17(19,20)25-11-5-7-12(8-6-11)27(23,24)21-9-15(22)14-10-26-16-4-2-1-3-13(14)16/h1-8,10,15,21-22H,9H2/t15-/m0/s1. The monoisotopic (exact) mass is 417 g/mol. The van der Waals surface area contributed by atoms with Gasteiger partial charge in [0.15, 0.2) is 0 Å². The molecule has 1 atom stereocenters. The van der Waals surface area contributed by atoms with Gasteiger partial charge in [-0.3, -0.25) is 0 Å². The molecular weight excluding hydrogens is 403 g/mol. The Balaban J connectivity index is 1.69. The number of ether oxygens (including phenoxy) is 1. The van der Waals surface area contributed by atoms with Crippen molar-refractivity contribution in [3.8, 4) is 5.75 Å². The van der Waals surface area contributed by atoms with Crippen LogP contribution in [0, 0.1) is 0 Å². The molecule has 0 amide bonds. The van der Waals surface area contributed by atoms with Crippen molar-refractivity contribution in [1.82, 2.24) is 4.72 Å². The second-order valence-corrected chi connectivity index (χ2v) is 8.25. The third kappa shape index (κ3) is 4.78. The number of sulfonamides is 1. The fraction of sp³-hybridized carbons (Fsp3) is 0.176. The second-order valence-electron chi connectivity index (χ2n) is 5.57. The first-order valence-electron chi connectivity index (χ1n) is 7.65. The Kier molecular flexibility index (Phi) is 5.43. The molecule has 10 heteroatoms. The zero-order chi connectivity index (χ0) is 19.7. The lowest BCUT2D eigenvalue weighted by atomic mass is 10.1. The van der Waals surface area contributed by atoms with Crippen molar-refractivity contribution >= 4 is 31.4 Å². The van der Waals surface area contributed by atoms with E-state index < -0.39 is 28.2 Å². The number of benzene rings is 2. The quantitative estimate of drug-likeness (QED) is 0.640. The lowest BCUT2D eigenvalue weighted by Crippen LogP contribution is -2.28. The van der Waals surface area contributed by atoms with Crippen molar-refractivity contribution < 1.29 is 31.4 Å². The largest absolute Gasteiger partial charge is 0.573 e. The first-order chi connectivity index (χ1) is 12.7. The molecule has 0 aliphatic rings. The van der Waals surface area contributed by atoms with Gasteiger partial charge in [0.25, 0.3) is 0 Å². The molecule has 1 aromatic heterocycles. The van der Waals surface area contributed by atoms with Crippen LogP contribution >= 0.6 is 11.3 Å². The fourth-order valence-electron chi connectivity index (χ4n) is 2.46. The predicted molar refractivity (Wildman–Crippen MR) is 95.1 cm³/mol. The lowest BCUT2D eigenvalue weighted by Gasteiger charge is -2.13. The van der Waals surface area contributed by atoms with E-state index in [-0.39, 0.29) is 11.4 Å². The summed E-state index contributed by atoms with van der Waals surface area (Å²) in [6.45, 7) is -0.274. The van der Waals surface area contributed by atoms with Gasteiger partial charge in [-0.15, -0.1) is 24.5 Å². The van der Waals surface area contributed by atoms with Crippen LogP contribution in [0.5, 0.6) is 5.75 Å². The molecule has 27 heavy (non-hydrogen) atoms. The van der Waals surface area contributed by atoms with E-state index >= 15 is 0 Å². The molecule has 0 bridgehead atoms. The van der Waals surface area contributed by atoms with Crippen LogP contribution in [-0.2, 0) is 10.0 Å². The average Bonchev–Trinajstić information content (AvgIpc) is 3.03. The first kappa shape index (κ1) is 19.6. The molecule has 0 aliphatic heterocycles. The van der Waals surface area contributed by atoms with E-state index in [4.69, 9.17) is 0 Å². The summed E-state index contributed by atoms with van der Waals surface area (Å²) in [6, 6.07) is 11.2. The molecule has 0 spiro atoms. The molecule has 0 saturated heterocycles. The Hall–Kier alpha value is -2.14. The van der Waals surface area contributed by atoms with Gasteiger partial charge in [0.05, 0.1) is 11.0 Å². The number of thiophene rings is 1. The van der Waals surface area contributed by atoms with E-state index in [1.54, 1.807) is 5.38 Å². The van der Waals surface area contributed by atoms with Crippen LogP contribution < -0.4 is 9.46 Å². The molecule has 2 N–H and O–H groups in total. The highest BCUT2D eigenvalue weighted by Crippen LogP contribution is 2.30. The third-order valence-corrected chi connectivity index (χ3v) is 6.13. The smallest absolute Gasteiger partial charge is 0.406 e. The highest BCUT2D eigenvalue weighted by molar-refractivity contribution is 7.89. The van der Waals surface area contributed by atoms with E-state index in [0.717, 1.165) is 34.4 Å². The van der Waals surface area contributed by atoms with Gasteiger partial charge < -0.3 is 9.84 Å². The van der Waals surface area contributed by atoms with Crippen LogP contribution in [0.2, 0.25) is 0 Å². The second kappa shape index (κ2) is 7.47. The number of alkyl halides is 3. The van der Waals surface area contributed by atoms with Gasteiger partial charge in [-0.1, -0.05) is 18.2 Å². The van der Waals surface area contributed by atoms with E-state index in [2.05, 4.69) is 9.46 Å². The number of aliphatic hydroxyl groups excluding tert-OH is 1. The van der Waals surface area contributed by atoms with Crippen molar-refractivity contribution in [2.75, 3.05) is 6.54 Å². The van der Waals surface area contributed by atoms with Crippen LogP contribution in [-0.4, -0.2) is 26.4 Å². The van der Waals surface area contributed by atoms with Crippen LogP contribution in [0.1, 0.15) is 11.7 Å². The maximum Gasteiger partial charge on any atom is 0.573 e. The molecule has 144 valence electrons. The highest BCUT2D eigenvalue weighted by Gasteiger charge is 2.31. The SMILES string of the molecule is O=S(=O)(NC[C@H](O)c1csc2ccccc12)c1ccc(OC(F)(F)F)cc1. The molecular formula is C17H14F3NO4S2. The Morgan fingerprint density at radius 3 is 2.44 bits per heavy atom. The van der Waals surface area contributed by atoms with Crippen LogP contribution in [0.25, 0.3) is 10.1 Å². The zero-order valence-electron chi connectivity index (χ0n) is 13.6. The Bertz CT molecular complexity index is 1030.